The number of benzene rings is 1. The van der Waals surface area contributed by atoms with Crippen molar-refractivity contribution in [1.82, 2.24) is 0 Å². The van der Waals surface area contributed by atoms with Crippen LogP contribution >= 0.6 is 0 Å². The summed E-state index contributed by atoms with van der Waals surface area (Å²) in [6.45, 7) is 12.6. The minimum absolute atomic E-state index is 0.170. The second-order valence-electron chi connectivity index (χ2n) is 5.61. The summed E-state index contributed by atoms with van der Waals surface area (Å²) in [4.78, 5) is 11.0. The molecule has 0 aliphatic carbocycles. The molecule has 1 aromatic carbocycles. The molecule has 0 spiro atoms. The van der Waals surface area contributed by atoms with Gasteiger partial charge in [0.05, 0.1) is 6.61 Å². The molecule has 0 amide bonds. The molecule has 99 valence electrons. The summed E-state index contributed by atoms with van der Waals surface area (Å²) in [5, 5.41) is 0. The van der Waals surface area contributed by atoms with Crippen molar-refractivity contribution in [2.45, 2.75) is 46.0 Å². The van der Waals surface area contributed by atoms with Crippen molar-refractivity contribution in [3.63, 3.8) is 0 Å². The van der Waals surface area contributed by atoms with Crippen LogP contribution < -0.4 is 0 Å². The average molecular weight is 247 g/mol. The highest BCUT2D eigenvalue weighted by Gasteiger charge is 2.14. The normalized spacial score (nSPS) is 11.4. The molecule has 0 aliphatic rings. The number of ether oxygens (including phenoxy) is 1. The molecular weight excluding hydrogens is 224 g/mol. The van der Waals surface area contributed by atoms with E-state index in [1.807, 2.05) is 0 Å². The van der Waals surface area contributed by atoms with Gasteiger partial charge in [-0.15, -0.1) is 0 Å². The molecule has 0 N–H and O–H groups in total. The molecule has 2 heteroatoms. The fraction of sp³-hybridized carbons (Fsp3) is 0.500. The zero-order valence-electron chi connectivity index (χ0n) is 11.9. The van der Waals surface area contributed by atoms with Crippen molar-refractivity contribution in [3.05, 3.63) is 41.8 Å². The number of esters is 1. The third-order valence-electron chi connectivity index (χ3n) is 3.05. The first-order chi connectivity index (χ1) is 8.34. The minimum atomic E-state index is -0.237. The third-order valence-corrected chi connectivity index (χ3v) is 3.05. The lowest BCUT2D eigenvalue weighted by molar-refractivity contribution is -0.142. The largest absolute Gasteiger partial charge is 0.465 e. The van der Waals surface area contributed by atoms with E-state index in [0.717, 1.165) is 6.42 Å². The van der Waals surface area contributed by atoms with Crippen LogP contribution in [0, 0.1) is 13.8 Å². The molecule has 2 nitrogen and oxygen atoms in total. The van der Waals surface area contributed by atoms with Gasteiger partial charge < -0.3 is 4.74 Å². The predicted molar refractivity (Wildman–Crippen MR) is 74.5 cm³/mol. The molecule has 18 heavy (non-hydrogen) atoms. The Balaban J connectivity index is 2.66. The monoisotopic (exact) mass is 247 g/mol. The first kappa shape index (κ1) is 14.7. The summed E-state index contributed by atoms with van der Waals surface area (Å²) in [7, 11) is 0. The molecule has 0 saturated carbocycles. The van der Waals surface area contributed by atoms with Gasteiger partial charge in [0, 0.05) is 12.8 Å². The van der Waals surface area contributed by atoms with Gasteiger partial charge in [0.2, 0.25) is 0 Å². The molecular formula is C16H23O2. The molecule has 0 fully saturated rings. The first-order valence-electron chi connectivity index (χ1n) is 6.39. The Morgan fingerprint density at radius 1 is 1.33 bits per heavy atom. The van der Waals surface area contributed by atoms with Crippen molar-refractivity contribution < 1.29 is 9.53 Å². The van der Waals surface area contributed by atoms with Gasteiger partial charge >= 0.3 is 5.97 Å². The fourth-order valence-corrected chi connectivity index (χ4v) is 1.79. The number of rotatable bonds is 4. The van der Waals surface area contributed by atoms with E-state index in [2.05, 4.69) is 52.8 Å². The van der Waals surface area contributed by atoms with Gasteiger partial charge in [-0.05, 0) is 36.0 Å². The molecule has 1 radical (unpaired) electrons. The lowest BCUT2D eigenvalue weighted by atomic mass is 9.85. The van der Waals surface area contributed by atoms with Gasteiger partial charge in [-0.3, -0.25) is 4.79 Å². The number of carbonyl (C=O) groups is 1. The second kappa shape index (κ2) is 6.03. The number of hydrogen-bond acceptors (Lipinski definition) is 2. The van der Waals surface area contributed by atoms with E-state index < -0.39 is 0 Å². The summed E-state index contributed by atoms with van der Waals surface area (Å²) >= 11 is 0. The highest BCUT2D eigenvalue weighted by Crippen LogP contribution is 2.24. The Bertz CT molecular complexity index is 414. The molecule has 0 bridgehead atoms. The molecule has 0 heterocycles. The van der Waals surface area contributed by atoms with Gasteiger partial charge in [0.15, 0.2) is 0 Å². The van der Waals surface area contributed by atoms with E-state index in [4.69, 9.17) is 4.74 Å². The highest BCUT2D eigenvalue weighted by atomic mass is 16.5. The van der Waals surface area contributed by atoms with Gasteiger partial charge in [-0.2, -0.15) is 0 Å². The van der Waals surface area contributed by atoms with Crippen molar-refractivity contribution in [2.24, 2.45) is 0 Å². The lowest BCUT2D eigenvalue weighted by Crippen LogP contribution is -2.12. The van der Waals surface area contributed by atoms with Crippen LogP contribution in [0.4, 0.5) is 0 Å². The number of aryl methyl sites for hydroxylation is 1. The maximum absolute atomic E-state index is 11.0. The molecule has 0 aliphatic heterocycles. The molecule has 0 unspecified atom stereocenters. The zero-order chi connectivity index (χ0) is 13.8. The zero-order valence-corrected chi connectivity index (χ0v) is 11.9. The quantitative estimate of drug-likeness (QED) is 0.760. The van der Waals surface area contributed by atoms with Crippen LogP contribution in [0.5, 0.6) is 0 Å². The summed E-state index contributed by atoms with van der Waals surface area (Å²) in [5.41, 5.74) is 4.00. The van der Waals surface area contributed by atoms with E-state index >= 15 is 0 Å². The van der Waals surface area contributed by atoms with Crippen LogP contribution in [0.15, 0.2) is 18.2 Å². The molecule has 0 aromatic heterocycles. The van der Waals surface area contributed by atoms with Crippen LogP contribution in [-0.4, -0.2) is 12.6 Å². The van der Waals surface area contributed by atoms with Crippen molar-refractivity contribution in [2.75, 3.05) is 6.61 Å². The van der Waals surface area contributed by atoms with Crippen LogP contribution in [0.2, 0.25) is 0 Å². The van der Waals surface area contributed by atoms with Crippen molar-refractivity contribution in [3.8, 4) is 0 Å². The van der Waals surface area contributed by atoms with E-state index in [-0.39, 0.29) is 17.8 Å². The summed E-state index contributed by atoms with van der Waals surface area (Å²) in [5.74, 6) is -0.237. The van der Waals surface area contributed by atoms with Gasteiger partial charge in [0.25, 0.3) is 0 Å². The first-order valence-corrected chi connectivity index (χ1v) is 6.39. The molecule has 1 rings (SSSR count). The highest BCUT2D eigenvalue weighted by molar-refractivity contribution is 5.69. The Hall–Kier alpha value is -1.31. The van der Waals surface area contributed by atoms with Crippen molar-refractivity contribution >= 4 is 5.97 Å². The Labute approximate surface area is 110 Å². The summed E-state index contributed by atoms with van der Waals surface area (Å²) < 4.78 is 5.05. The molecule has 0 saturated heterocycles. The summed E-state index contributed by atoms with van der Waals surface area (Å²) in [6, 6.07) is 6.51. The minimum Gasteiger partial charge on any atom is -0.465 e. The standard InChI is InChI=1S/C16H23O2/c1-6-15(17)18-10-9-13-7-8-14(11-12(13)2)16(3,4)5/h7-8,11H,1,6,9-10H2,2-5H3. The van der Waals surface area contributed by atoms with Gasteiger partial charge in [-0.25, -0.2) is 0 Å². The van der Waals surface area contributed by atoms with Crippen LogP contribution in [0.1, 0.15) is 43.9 Å². The van der Waals surface area contributed by atoms with Crippen molar-refractivity contribution in [1.29, 1.82) is 0 Å². The van der Waals surface area contributed by atoms with Gasteiger partial charge in [0.1, 0.15) is 0 Å². The Kier molecular flexibility index (Phi) is 4.94. The SMILES string of the molecule is [CH2]CC(=O)OCCc1ccc(C(C)(C)C)cc1C. The van der Waals surface area contributed by atoms with Gasteiger partial charge in [-0.1, -0.05) is 39.0 Å². The summed E-state index contributed by atoms with van der Waals surface area (Å²) in [6.07, 6.45) is 0.962. The van der Waals surface area contributed by atoms with Crippen LogP contribution in [0.3, 0.4) is 0 Å². The second-order valence-corrected chi connectivity index (χ2v) is 5.61. The maximum Gasteiger partial charge on any atom is 0.305 e. The average Bonchev–Trinajstić information content (AvgIpc) is 2.29. The van der Waals surface area contributed by atoms with E-state index in [1.54, 1.807) is 0 Å². The lowest BCUT2D eigenvalue weighted by Gasteiger charge is -2.20. The maximum atomic E-state index is 11.0. The third kappa shape index (κ3) is 4.17. The molecule has 1 aromatic rings. The van der Waals surface area contributed by atoms with Crippen LogP contribution in [0.25, 0.3) is 0 Å². The predicted octanol–water partition coefficient (Wildman–Crippen LogP) is 3.60. The van der Waals surface area contributed by atoms with E-state index in [0.29, 0.717) is 6.61 Å². The Morgan fingerprint density at radius 2 is 2.00 bits per heavy atom. The fourth-order valence-electron chi connectivity index (χ4n) is 1.79. The topological polar surface area (TPSA) is 26.3 Å². The van der Waals surface area contributed by atoms with Crippen LogP contribution in [-0.2, 0) is 21.4 Å². The number of hydrogen-bond donors (Lipinski definition) is 0. The Morgan fingerprint density at radius 3 is 2.50 bits per heavy atom. The van der Waals surface area contributed by atoms with E-state index in [1.165, 1.54) is 16.7 Å². The number of carbonyl (C=O) groups excluding carboxylic acids is 1. The molecule has 0 atom stereocenters. The van der Waals surface area contributed by atoms with E-state index in [9.17, 15) is 4.79 Å². The smallest absolute Gasteiger partial charge is 0.305 e.